The molecule has 1 heterocycles. The number of aryl methyl sites for hydroxylation is 1. The molecule has 5 nitrogen and oxygen atoms in total. The van der Waals surface area contributed by atoms with E-state index in [1.807, 2.05) is 13.0 Å². The molecule has 2 rings (SSSR count). The van der Waals surface area contributed by atoms with E-state index in [1.54, 1.807) is 4.68 Å². The molecule has 1 amide bonds. The van der Waals surface area contributed by atoms with Gasteiger partial charge in [0, 0.05) is 12.6 Å². The summed E-state index contributed by atoms with van der Waals surface area (Å²) >= 11 is 0. The lowest BCUT2D eigenvalue weighted by Gasteiger charge is -2.31. The summed E-state index contributed by atoms with van der Waals surface area (Å²) < 4.78 is 1.74. The number of nitrogens with one attached hydrogen (secondary N) is 1. The van der Waals surface area contributed by atoms with Gasteiger partial charge in [0.15, 0.2) is 0 Å². The Morgan fingerprint density at radius 3 is 2.78 bits per heavy atom. The van der Waals surface area contributed by atoms with Crippen LogP contribution in [-0.2, 0) is 6.54 Å². The number of nitrogens with zero attached hydrogens (tertiary/aromatic N) is 2. The molecule has 0 aromatic carbocycles. The molecule has 1 aromatic rings. The molecule has 1 fully saturated rings. The molecule has 0 spiro atoms. The second-order valence-electron chi connectivity index (χ2n) is 5.22. The largest absolute Gasteiger partial charge is 0.393 e. The molecule has 2 N–H and O–H groups in total. The summed E-state index contributed by atoms with van der Waals surface area (Å²) in [6, 6.07) is 1.97. The van der Waals surface area contributed by atoms with E-state index in [9.17, 15) is 9.90 Å². The van der Waals surface area contributed by atoms with Crippen LogP contribution in [0.2, 0.25) is 0 Å². The van der Waals surface area contributed by atoms with E-state index in [-0.39, 0.29) is 18.1 Å². The smallest absolute Gasteiger partial charge is 0.269 e. The SMILES string of the molecule is CCn1nc(C(C)C)cc1C(=O)NC1CC(O)C1. The Morgan fingerprint density at radius 2 is 2.28 bits per heavy atom. The van der Waals surface area contributed by atoms with Crippen molar-refractivity contribution < 1.29 is 9.90 Å². The molecule has 1 aliphatic carbocycles. The van der Waals surface area contributed by atoms with E-state index in [1.165, 1.54) is 0 Å². The van der Waals surface area contributed by atoms with Gasteiger partial charge in [0.25, 0.3) is 5.91 Å². The van der Waals surface area contributed by atoms with E-state index in [4.69, 9.17) is 0 Å². The van der Waals surface area contributed by atoms with Crippen LogP contribution in [0, 0.1) is 0 Å². The van der Waals surface area contributed by atoms with Crippen molar-refractivity contribution in [2.24, 2.45) is 0 Å². The average molecular weight is 251 g/mol. The molecular formula is C13H21N3O2. The average Bonchev–Trinajstić information content (AvgIpc) is 2.70. The van der Waals surface area contributed by atoms with Gasteiger partial charge >= 0.3 is 0 Å². The molecule has 0 unspecified atom stereocenters. The fraction of sp³-hybridized carbons (Fsp3) is 0.692. The van der Waals surface area contributed by atoms with Crippen molar-refractivity contribution in [2.75, 3.05) is 0 Å². The summed E-state index contributed by atoms with van der Waals surface area (Å²) in [7, 11) is 0. The van der Waals surface area contributed by atoms with Crippen molar-refractivity contribution in [1.82, 2.24) is 15.1 Å². The van der Waals surface area contributed by atoms with E-state index < -0.39 is 0 Å². The molecule has 1 aromatic heterocycles. The summed E-state index contributed by atoms with van der Waals surface area (Å²) in [4.78, 5) is 12.1. The number of amides is 1. The maximum Gasteiger partial charge on any atom is 0.269 e. The van der Waals surface area contributed by atoms with Crippen molar-refractivity contribution in [3.8, 4) is 0 Å². The van der Waals surface area contributed by atoms with Gasteiger partial charge in [-0.3, -0.25) is 9.48 Å². The lowest BCUT2D eigenvalue weighted by atomic mass is 9.89. The van der Waals surface area contributed by atoms with Crippen molar-refractivity contribution in [2.45, 2.75) is 58.2 Å². The van der Waals surface area contributed by atoms with Crippen LogP contribution < -0.4 is 5.32 Å². The minimum absolute atomic E-state index is 0.0897. The Hall–Kier alpha value is -1.36. The van der Waals surface area contributed by atoms with Crippen LogP contribution in [0.15, 0.2) is 6.07 Å². The van der Waals surface area contributed by atoms with Crippen LogP contribution in [0.5, 0.6) is 0 Å². The molecule has 18 heavy (non-hydrogen) atoms. The van der Waals surface area contributed by atoms with Crippen LogP contribution in [0.25, 0.3) is 0 Å². The molecule has 5 heteroatoms. The first-order valence-corrected chi connectivity index (χ1v) is 6.58. The summed E-state index contributed by atoms with van der Waals surface area (Å²) in [5.74, 6) is 0.225. The first-order chi connectivity index (χ1) is 8.51. The van der Waals surface area contributed by atoms with E-state index >= 15 is 0 Å². The number of hydrogen-bond acceptors (Lipinski definition) is 3. The van der Waals surface area contributed by atoms with Crippen LogP contribution in [-0.4, -0.2) is 32.9 Å². The second kappa shape index (κ2) is 5.10. The summed E-state index contributed by atoms with van der Waals surface area (Å²) in [5.41, 5.74) is 1.55. The molecular weight excluding hydrogens is 230 g/mol. The van der Waals surface area contributed by atoms with Gasteiger partial charge < -0.3 is 10.4 Å². The third-order valence-corrected chi connectivity index (χ3v) is 3.37. The molecule has 0 aliphatic heterocycles. The minimum atomic E-state index is -0.252. The second-order valence-corrected chi connectivity index (χ2v) is 5.22. The van der Waals surface area contributed by atoms with Gasteiger partial charge in [-0.15, -0.1) is 0 Å². The number of carbonyl (C=O) groups is 1. The Balaban J connectivity index is 2.08. The van der Waals surface area contributed by atoms with Gasteiger partial charge in [0.1, 0.15) is 5.69 Å². The van der Waals surface area contributed by atoms with E-state index in [2.05, 4.69) is 24.3 Å². The molecule has 0 saturated heterocycles. The molecule has 100 valence electrons. The zero-order valence-electron chi connectivity index (χ0n) is 11.2. The first kappa shape index (κ1) is 13.1. The molecule has 1 saturated carbocycles. The van der Waals surface area contributed by atoms with E-state index in [0.29, 0.717) is 31.0 Å². The first-order valence-electron chi connectivity index (χ1n) is 6.58. The molecule has 0 atom stereocenters. The lowest BCUT2D eigenvalue weighted by Crippen LogP contribution is -2.47. The van der Waals surface area contributed by atoms with Gasteiger partial charge in [-0.1, -0.05) is 13.8 Å². The van der Waals surface area contributed by atoms with Gasteiger partial charge in [-0.2, -0.15) is 5.10 Å². The standard InChI is InChI=1S/C13H21N3O2/c1-4-16-12(7-11(15-16)8(2)3)13(18)14-9-5-10(17)6-9/h7-10,17H,4-6H2,1-3H3,(H,14,18). The lowest BCUT2D eigenvalue weighted by molar-refractivity contribution is 0.0558. The topological polar surface area (TPSA) is 67.2 Å². The zero-order valence-corrected chi connectivity index (χ0v) is 11.2. The Kier molecular flexibility index (Phi) is 3.71. The van der Waals surface area contributed by atoms with Crippen molar-refractivity contribution >= 4 is 5.91 Å². The summed E-state index contributed by atoms with van der Waals surface area (Å²) in [5, 5.41) is 16.6. The predicted molar refractivity (Wildman–Crippen MR) is 68.5 cm³/mol. The number of rotatable bonds is 4. The highest BCUT2D eigenvalue weighted by atomic mass is 16.3. The monoisotopic (exact) mass is 251 g/mol. The van der Waals surface area contributed by atoms with Crippen molar-refractivity contribution in [3.63, 3.8) is 0 Å². The number of aliphatic hydroxyl groups is 1. The summed E-state index contributed by atoms with van der Waals surface area (Å²) in [6.07, 6.45) is 1.06. The number of aromatic nitrogens is 2. The third-order valence-electron chi connectivity index (χ3n) is 3.37. The summed E-state index contributed by atoms with van der Waals surface area (Å²) in [6.45, 7) is 6.78. The Labute approximate surface area is 107 Å². The Morgan fingerprint density at radius 1 is 1.61 bits per heavy atom. The van der Waals surface area contributed by atoms with Gasteiger partial charge in [0.2, 0.25) is 0 Å². The normalized spacial score (nSPS) is 22.9. The quantitative estimate of drug-likeness (QED) is 0.847. The van der Waals surface area contributed by atoms with Crippen LogP contribution in [0.1, 0.15) is 55.7 Å². The molecule has 0 bridgehead atoms. The van der Waals surface area contributed by atoms with Crippen molar-refractivity contribution in [3.05, 3.63) is 17.5 Å². The highest BCUT2D eigenvalue weighted by Crippen LogP contribution is 2.20. The van der Waals surface area contributed by atoms with Crippen LogP contribution in [0.3, 0.4) is 0 Å². The fourth-order valence-corrected chi connectivity index (χ4v) is 2.11. The van der Waals surface area contributed by atoms with Gasteiger partial charge in [-0.25, -0.2) is 0 Å². The molecule has 0 radical (unpaired) electrons. The number of carbonyl (C=O) groups excluding carboxylic acids is 1. The van der Waals surface area contributed by atoms with E-state index in [0.717, 1.165) is 5.69 Å². The van der Waals surface area contributed by atoms with Gasteiger partial charge in [0.05, 0.1) is 11.8 Å². The highest BCUT2D eigenvalue weighted by molar-refractivity contribution is 5.93. The predicted octanol–water partition coefficient (Wildman–Crippen LogP) is 1.28. The minimum Gasteiger partial charge on any atom is -0.393 e. The molecule has 1 aliphatic rings. The maximum absolute atomic E-state index is 12.1. The highest BCUT2D eigenvalue weighted by Gasteiger charge is 2.29. The van der Waals surface area contributed by atoms with Gasteiger partial charge in [-0.05, 0) is 31.7 Å². The van der Waals surface area contributed by atoms with Crippen molar-refractivity contribution in [1.29, 1.82) is 0 Å². The van der Waals surface area contributed by atoms with Crippen LogP contribution >= 0.6 is 0 Å². The zero-order chi connectivity index (χ0) is 13.3. The van der Waals surface area contributed by atoms with Crippen LogP contribution in [0.4, 0.5) is 0 Å². The maximum atomic E-state index is 12.1. The number of aliphatic hydroxyl groups excluding tert-OH is 1. The Bertz CT molecular complexity index is 433. The number of hydrogen-bond donors (Lipinski definition) is 2. The third kappa shape index (κ3) is 2.56. The fourth-order valence-electron chi connectivity index (χ4n) is 2.11.